The quantitative estimate of drug-likeness (QED) is 0.905. The van der Waals surface area contributed by atoms with Crippen LogP contribution < -0.4 is 10.9 Å². The molecule has 20 heavy (non-hydrogen) atoms. The number of thiophene rings is 1. The number of nitrogens with zero attached hydrogens (tertiary/aromatic N) is 1. The molecule has 0 saturated carbocycles. The maximum absolute atomic E-state index is 12.4. The molecular weight excluding hydrogens is 270 g/mol. The Bertz CT molecular complexity index is 688. The van der Waals surface area contributed by atoms with Crippen molar-refractivity contribution >= 4 is 21.6 Å². The number of nitrogens with two attached hydrogens (primary N) is 1. The molecule has 3 N–H and O–H groups in total. The van der Waals surface area contributed by atoms with Crippen LogP contribution >= 0.6 is 11.3 Å². The van der Waals surface area contributed by atoms with Crippen LogP contribution in [0.5, 0.6) is 0 Å². The maximum atomic E-state index is 12.4. The fraction of sp³-hybridized carbons (Fsp3) is 0.600. The molecule has 0 aromatic carbocycles. The van der Waals surface area contributed by atoms with Gasteiger partial charge in [0, 0.05) is 4.88 Å². The molecule has 1 aliphatic carbocycles. The third-order valence-electron chi connectivity index (χ3n) is 4.20. The summed E-state index contributed by atoms with van der Waals surface area (Å²) in [5.41, 5.74) is 1.31. The van der Waals surface area contributed by atoms with Crippen molar-refractivity contribution in [3.63, 3.8) is 0 Å². The lowest BCUT2D eigenvalue weighted by Gasteiger charge is -2.17. The van der Waals surface area contributed by atoms with E-state index < -0.39 is 0 Å². The molecule has 0 radical (unpaired) electrons. The van der Waals surface area contributed by atoms with Gasteiger partial charge in [0.15, 0.2) is 5.82 Å². The second kappa shape index (κ2) is 5.30. The summed E-state index contributed by atoms with van der Waals surface area (Å²) in [6.45, 7) is 7.47. The SMILES string of the molecule is CC[NH2+][C@@H](C)c1nc2sc3c(c2c(=O)[nH]1)CC[C@H](C)C3. The number of aromatic nitrogens is 2. The molecule has 2 heterocycles. The van der Waals surface area contributed by atoms with Crippen LogP contribution in [0.15, 0.2) is 4.79 Å². The minimum Gasteiger partial charge on any atom is -0.338 e. The Morgan fingerprint density at radius 3 is 3.10 bits per heavy atom. The average Bonchev–Trinajstić information content (AvgIpc) is 2.76. The third-order valence-corrected chi connectivity index (χ3v) is 5.35. The van der Waals surface area contributed by atoms with Gasteiger partial charge >= 0.3 is 0 Å². The van der Waals surface area contributed by atoms with Gasteiger partial charge in [0.25, 0.3) is 5.56 Å². The van der Waals surface area contributed by atoms with Gasteiger partial charge in [-0.05, 0) is 44.6 Å². The maximum Gasteiger partial charge on any atom is 0.260 e. The van der Waals surface area contributed by atoms with Crippen molar-refractivity contribution in [2.24, 2.45) is 5.92 Å². The molecule has 108 valence electrons. The zero-order chi connectivity index (χ0) is 14.3. The van der Waals surface area contributed by atoms with Gasteiger partial charge in [0.05, 0.1) is 11.9 Å². The van der Waals surface area contributed by atoms with E-state index in [1.165, 1.54) is 16.9 Å². The first-order chi connectivity index (χ1) is 9.60. The second-order valence-electron chi connectivity index (χ2n) is 5.92. The Morgan fingerprint density at radius 2 is 2.35 bits per heavy atom. The van der Waals surface area contributed by atoms with Crippen LogP contribution in [0.4, 0.5) is 0 Å². The molecule has 2 aromatic heterocycles. The van der Waals surface area contributed by atoms with Crippen LogP contribution in [0.25, 0.3) is 10.2 Å². The topological polar surface area (TPSA) is 62.4 Å². The van der Waals surface area contributed by atoms with Gasteiger partial charge in [0.2, 0.25) is 0 Å². The highest BCUT2D eigenvalue weighted by Crippen LogP contribution is 2.35. The van der Waals surface area contributed by atoms with Crippen molar-refractivity contribution in [3.05, 3.63) is 26.6 Å². The number of fused-ring (bicyclic) bond motifs is 3. The average molecular weight is 292 g/mol. The number of nitrogens with one attached hydrogen (secondary N) is 1. The van der Waals surface area contributed by atoms with E-state index in [0.717, 1.165) is 41.3 Å². The molecule has 3 rings (SSSR count). The highest BCUT2D eigenvalue weighted by molar-refractivity contribution is 7.18. The van der Waals surface area contributed by atoms with Gasteiger partial charge in [0.1, 0.15) is 10.9 Å². The fourth-order valence-electron chi connectivity index (χ4n) is 3.05. The van der Waals surface area contributed by atoms with Crippen LogP contribution in [-0.4, -0.2) is 16.5 Å². The molecule has 0 saturated heterocycles. The minimum absolute atomic E-state index is 0.0495. The molecule has 0 amide bonds. The predicted molar refractivity (Wildman–Crippen MR) is 82.3 cm³/mol. The summed E-state index contributed by atoms with van der Waals surface area (Å²) in [5, 5.41) is 3.03. The Hall–Kier alpha value is -1.20. The summed E-state index contributed by atoms with van der Waals surface area (Å²) in [6.07, 6.45) is 3.30. The van der Waals surface area contributed by atoms with Crippen molar-refractivity contribution in [3.8, 4) is 0 Å². The zero-order valence-electron chi connectivity index (χ0n) is 12.3. The molecule has 4 nitrogen and oxygen atoms in total. The highest BCUT2D eigenvalue weighted by atomic mass is 32.1. The largest absolute Gasteiger partial charge is 0.338 e. The molecule has 2 aromatic rings. The van der Waals surface area contributed by atoms with Gasteiger partial charge in [-0.15, -0.1) is 11.3 Å². The molecule has 0 bridgehead atoms. The Balaban J connectivity index is 2.12. The highest BCUT2D eigenvalue weighted by Gasteiger charge is 2.23. The summed E-state index contributed by atoms with van der Waals surface area (Å²) >= 11 is 1.72. The van der Waals surface area contributed by atoms with Crippen molar-refractivity contribution in [2.75, 3.05) is 6.54 Å². The van der Waals surface area contributed by atoms with Crippen molar-refractivity contribution in [1.29, 1.82) is 0 Å². The van der Waals surface area contributed by atoms with E-state index in [-0.39, 0.29) is 11.6 Å². The van der Waals surface area contributed by atoms with Crippen molar-refractivity contribution in [1.82, 2.24) is 9.97 Å². The standard InChI is InChI=1S/C15H21N3OS/c1-4-16-9(3)13-17-14(19)12-10-6-5-8(2)7-11(10)20-15(12)18-13/h8-9,16H,4-7H2,1-3H3,(H,17,18,19)/p+1/t8-,9-/m0/s1. The molecule has 5 heteroatoms. The van der Waals surface area contributed by atoms with Gasteiger partial charge in [-0.25, -0.2) is 4.98 Å². The molecule has 2 atom stereocenters. The lowest BCUT2D eigenvalue weighted by molar-refractivity contribution is -0.691. The molecule has 0 unspecified atom stereocenters. The molecule has 0 aliphatic heterocycles. The summed E-state index contributed by atoms with van der Waals surface area (Å²) < 4.78 is 0. The first kappa shape index (κ1) is 13.8. The number of aryl methyl sites for hydroxylation is 1. The lowest BCUT2D eigenvalue weighted by atomic mass is 9.89. The van der Waals surface area contributed by atoms with Crippen LogP contribution in [0.3, 0.4) is 0 Å². The molecule has 0 spiro atoms. The van der Waals surface area contributed by atoms with E-state index in [0.29, 0.717) is 0 Å². The number of aromatic amines is 1. The van der Waals surface area contributed by atoms with Gasteiger partial charge in [-0.2, -0.15) is 0 Å². The van der Waals surface area contributed by atoms with E-state index in [4.69, 9.17) is 4.98 Å². The van der Waals surface area contributed by atoms with Crippen LogP contribution in [0, 0.1) is 5.92 Å². The lowest BCUT2D eigenvalue weighted by Crippen LogP contribution is -2.84. The summed E-state index contributed by atoms with van der Waals surface area (Å²) in [6, 6.07) is 0.204. The molecular formula is C15H22N3OS+. The van der Waals surface area contributed by atoms with Crippen LogP contribution in [0.2, 0.25) is 0 Å². The van der Waals surface area contributed by atoms with E-state index in [2.05, 4.69) is 31.1 Å². The Kier molecular flexibility index (Phi) is 3.65. The number of hydrogen-bond donors (Lipinski definition) is 2. The smallest absolute Gasteiger partial charge is 0.260 e. The third kappa shape index (κ3) is 2.29. The minimum atomic E-state index is 0.0495. The number of rotatable bonds is 3. The normalized spacial score (nSPS) is 20.1. The summed E-state index contributed by atoms with van der Waals surface area (Å²) in [4.78, 5) is 22.4. The Labute approximate surface area is 122 Å². The number of H-pyrrole nitrogens is 1. The van der Waals surface area contributed by atoms with Crippen LogP contribution in [-0.2, 0) is 12.8 Å². The second-order valence-corrected chi connectivity index (χ2v) is 7.00. The van der Waals surface area contributed by atoms with Gasteiger partial charge in [-0.3, -0.25) is 4.79 Å². The number of hydrogen-bond acceptors (Lipinski definition) is 3. The van der Waals surface area contributed by atoms with Gasteiger partial charge < -0.3 is 10.3 Å². The van der Waals surface area contributed by atoms with E-state index >= 15 is 0 Å². The Morgan fingerprint density at radius 1 is 1.55 bits per heavy atom. The predicted octanol–water partition coefficient (Wildman–Crippen LogP) is 1.75. The molecule has 0 fully saturated rings. The van der Waals surface area contributed by atoms with Crippen molar-refractivity contribution in [2.45, 2.75) is 46.1 Å². The van der Waals surface area contributed by atoms with E-state index in [1.807, 2.05) is 0 Å². The van der Waals surface area contributed by atoms with Crippen molar-refractivity contribution < 1.29 is 5.32 Å². The van der Waals surface area contributed by atoms with E-state index in [1.54, 1.807) is 11.3 Å². The first-order valence-electron chi connectivity index (χ1n) is 7.48. The monoisotopic (exact) mass is 292 g/mol. The van der Waals surface area contributed by atoms with Gasteiger partial charge in [-0.1, -0.05) is 6.92 Å². The number of quaternary nitrogens is 1. The zero-order valence-corrected chi connectivity index (χ0v) is 13.1. The first-order valence-corrected chi connectivity index (χ1v) is 8.29. The fourth-order valence-corrected chi connectivity index (χ4v) is 4.44. The summed E-state index contributed by atoms with van der Waals surface area (Å²) in [5.74, 6) is 1.53. The van der Waals surface area contributed by atoms with E-state index in [9.17, 15) is 4.79 Å². The van der Waals surface area contributed by atoms with Crippen LogP contribution in [0.1, 0.15) is 49.5 Å². The molecule has 1 aliphatic rings. The summed E-state index contributed by atoms with van der Waals surface area (Å²) in [7, 11) is 0.